The largest absolute Gasteiger partial charge is 0.383 e. The van der Waals surface area contributed by atoms with Crippen LogP contribution in [0.25, 0.3) is 0 Å². The van der Waals surface area contributed by atoms with Gasteiger partial charge in [0.15, 0.2) is 0 Å². The molecule has 0 atom stereocenters. The van der Waals surface area contributed by atoms with Crippen molar-refractivity contribution in [2.45, 2.75) is 19.8 Å². The van der Waals surface area contributed by atoms with Crippen molar-refractivity contribution in [2.24, 2.45) is 5.92 Å². The van der Waals surface area contributed by atoms with Gasteiger partial charge in [0.25, 0.3) is 11.6 Å². The van der Waals surface area contributed by atoms with E-state index in [-0.39, 0.29) is 23.0 Å². The molecule has 1 heterocycles. The Morgan fingerprint density at radius 2 is 2.32 bits per heavy atom. The lowest BCUT2D eigenvalue weighted by molar-refractivity contribution is -0.385. The molecule has 0 aliphatic heterocycles. The number of carbonyl (C=O) groups excluding carboxylic acids is 1. The van der Waals surface area contributed by atoms with Crippen LogP contribution in [0.4, 0.5) is 11.5 Å². The van der Waals surface area contributed by atoms with E-state index in [2.05, 4.69) is 4.98 Å². The number of carbonyl (C=O) groups is 1. The van der Waals surface area contributed by atoms with Crippen molar-refractivity contribution in [3.8, 4) is 0 Å². The third-order valence-electron chi connectivity index (χ3n) is 3.19. The van der Waals surface area contributed by atoms with Gasteiger partial charge in [-0.3, -0.25) is 14.9 Å². The fourth-order valence-electron chi connectivity index (χ4n) is 1.87. The molecular formula is C12H16N4O3. The molecule has 1 aromatic heterocycles. The lowest BCUT2D eigenvalue weighted by atomic mass is 10.2. The van der Waals surface area contributed by atoms with Crippen LogP contribution in [-0.2, 0) is 0 Å². The Morgan fingerprint density at radius 3 is 2.84 bits per heavy atom. The van der Waals surface area contributed by atoms with Crippen LogP contribution in [0.15, 0.2) is 12.3 Å². The van der Waals surface area contributed by atoms with Crippen molar-refractivity contribution in [1.29, 1.82) is 0 Å². The highest BCUT2D eigenvalue weighted by Gasteiger charge is 2.28. The summed E-state index contributed by atoms with van der Waals surface area (Å²) in [6.07, 6.45) is 3.32. The first-order valence-corrected chi connectivity index (χ1v) is 6.22. The fraction of sp³-hybridized carbons (Fsp3) is 0.500. The molecule has 1 amide bonds. The minimum absolute atomic E-state index is 0.0323. The van der Waals surface area contributed by atoms with E-state index in [1.165, 1.54) is 6.07 Å². The first-order valence-electron chi connectivity index (χ1n) is 6.22. The zero-order valence-electron chi connectivity index (χ0n) is 10.7. The summed E-state index contributed by atoms with van der Waals surface area (Å²) in [6.45, 7) is 3.11. The maximum Gasteiger partial charge on any atom is 0.288 e. The standard InChI is InChI=1S/C12H16N4O3/c1-2-15(7-8-3-4-8)12(17)10-5-9(16(18)19)6-14-11(10)13/h5-6,8H,2-4,7H2,1H3,(H2,13,14). The van der Waals surface area contributed by atoms with E-state index in [0.29, 0.717) is 19.0 Å². The van der Waals surface area contributed by atoms with Gasteiger partial charge in [0.2, 0.25) is 0 Å². The number of pyridine rings is 1. The van der Waals surface area contributed by atoms with Crippen molar-refractivity contribution >= 4 is 17.4 Å². The zero-order valence-corrected chi connectivity index (χ0v) is 10.7. The number of nitrogen functional groups attached to an aromatic ring is 1. The molecule has 0 spiro atoms. The average molecular weight is 264 g/mol. The topological polar surface area (TPSA) is 102 Å². The highest BCUT2D eigenvalue weighted by atomic mass is 16.6. The minimum Gasteiger partial charge on any atom is -0.383 e. The summed E-state index contributed by atoms with van der Waals surface area (Å²) in [5.74, 6) is 0.296. The third-order valence-corrected chi connectivity index (χ3v) is 3.19. The summed E-state index contributed by atoms with van der Waals surface area (Å²) in [4.78, 5) is 27.8. The molecule has 1 aliphatic rings. The number of nitro groups is 1. The molecule has 19 heavy (non-hydrogen) atoms. The van der Waals surface area contributed by atoms with E-state index >= 15 is 0 Å². The van der Waals surface area contributed by atoms with E-state index in [1.807, 2.05) is 6.92 Å². The van der Waals surface area contributed by atoms with Gasteiger partial charge in [-0.15, -0.1) is 0 Å². The van der Waals surface area contributed by atoms with Crippen molar-refractivity contribution in [2.75, 3.05) is 18.8 Å². The summed E-state index contributed by atoms with van der Waals surface area (Å²) >= 11 is 0. The first kappa shape index (κ1) is 13.3. The van der Waals surface area contributed by atoms with Crippen LogP contribution >= 0.6 is 0 Å². The predicted molar refractivity (Wildman–Crippen MR) is 69.6 cm³/mol. The van der Waals surface area contributed by atoms with E-state index in [0.717, 1.165) is 19.0 Å². The van der Waals surface area contributed by atoms with Crippen LogP contribution in [0.3, 0.4) is 0 Å². The van der Waals surface area contributed by atoms with Gasteiger partial charge in [-0.1, -0.05) is 0 Å². The van der Waals surface area contributed by atoms with Gasteiger partial charge in [-0.2, -0.15) is 0 Å². The maximum atomic E-state index is 12.3. The number of hydrogen-bond acceptors (Lipinski definition) is 5. The number of rotatable bonds is 5. The van der Waals surface area contributed by atoms with Crippen LogP contribution < -0.4 is 5.73 Å². The summed E-state index contributed by atoms with van der Waals surface area (Å²) < 4.78 is 0. The van der Waals surface area contributed by atoms with Gasteiger partial charge < -0.3 is 10.6 Å². The fourth-order valence-corrected chi connectivity index (χ4v) is 1.87. The zero-order chi connectivity index (χ0) is 14.0. The SMILES string of the molecule is CCN(CC1CC1)C(=O)c1cc([N+](=O)[O-])cnc1N. The predicted octanol–water partition coefficient (Wildman–Crippen LogP) is 1.44. The van der Waals surface area contributed by atoms with E-state index in [1.54, 1.807) is 4.90 Å². The van der Waals surface area contributed by atoms with E-state index < -0.39 is 4.92 Å². The van der Waals surface area contributed by atoms with Crippen LogP contribution in [0.2, 0.25) is 0 Å². The number of nitrogens with zero attached hydrogens (tertiary/aromatic N) is 3. The van der Waals surface area contributed by atoms with Gasteiger partial charge in [0.05, 0.1) is 10.5 Å². The molecule has 1 aromatic rings. The molecule has 102 valence electrons. The molecule has 7 nitrogen and oxygen atoms in total. The Hall–Kier alpha value is -2.18. The molecule has 7 heteroatoms. The molecule has 1 saturated carbocycles. The van der Waals surface area contributed by atoms with Crippen LogP contribution in [0.5, 0.6) is 0 Å². The number of aromatic nitrogens is 1. The van der Waals surface area contributed by atoms with Crippen LogP contribution in [0, 0.1) is 16.0 Å². The second kappa shape index (κ2) is 5.21. The van der Waals surface area contributed by atoms with Crippen molar-refractivity contribution in [1.82, 2.24) is 9.88 Å². The highest BCUT2D eigenvalue weighted by Crippen LogP contribution is 2.30. The van der Waals surface area contributed by atoms with Crippen molar-refractivity contribution in [3.63, 3.8) is 0 Å². The average Bonchev–Trinajstić information content (AvgIpc) is 3.19. The van der Waals surface area contributed by atoms with Gasteiger partial charge in [-0.25, -0.2) is 4.98 Å². The number of hydrogen-bond donors (Lipinski definition) is 1. The summed E-state index contributed by atoms with van der Waals surface area (Å²) in [5, 5.41) is 10.7. The summed E-state index contributed by atoms with van der Waals surface area (Å²) in [6, 6.07) is 1.19. The van der Waals surface area contributed by atoms with Crippen LogP contribution in [0.1, 0.15) is 30.1 Å². The van der Waals surface area contributed by atoms with Gasteiger partial charge in [-0.05, 0) is 25.7 Å². The second-order valence-electron chi connectivity index (χ2n) is 4.67. The Kier molecular flexibility index (Phi) is 3.64. The molecule has 0 saturated heterocycles. The number of amides is 1. The monoisotopic (exact) mass is 264 g/mol. The molecule has 0 radical (unpaired) electrons. The quantitative estimate of drug-likeness (QED) is 0.640. The van der Waals surface area contributed by atoms with Gasteiger partial charge in [0.1, 0.15) is 12.0 Å². The second-order valence-corrected chi connectivity index (χ2v) is 4.67. The highest BCUT2D eigenvalue weighted by molar-refractivity contribution is 5.98. The third kappa shape index (κ3) is 2.98. The Labute approximate surface area is 110 Å². The first-order chi connectivity index (χ1) is 9.02. The molecule has 2 rings (SSSR count). The van der Waals surface area contributed by atoms with E-state index in [9.17, 15) is 14.9 Å². The number of anilines is 1. The lowest BCUT2D eigenvalue weighted by Crippen LogP contribution is -2.33. The Morgan fingerprint density at radius 1 is 1.63 bits per heavy atom. The molecule has 2 N–H and O–H groups in total. The van der Waals surface area contributed by atoms with Crippen LogP contribution in [-0.4, -0.2) is 33.8 Å². The Bertz CT molecular complexity index is 514. The molecule has 0 aromatic carbocycles. The minimum atomic E-state index is -0.583. The van der Waals surface area contributed by atoms with Crippen molar-refractivity contribution < 1.29 is 9.72 Å². The molecular weight excluding hydrogens is 248 g/mol. The van der Waals surface area contributed by atoms with E-state index in [4.69, 9.17) is 5.73 Å². The maximum absolute atomic E-state index is 12.3. The summed E-state index contributed by atoms with van der Waals surface area (Å²) in [7, 11) is 0. The normalized spacial score (nSPS) is 14.2. The molecule has 1 fully saturated rings. The van der Waals surface area contributed by atoms with Gasteiger partial charge >= 0.3 is 0 Å². The molecule has 1 aliphatic carbocycles. The molecule has 0 bridgehead atoms. The lowest BCUT2D eigenvalue weighted by Gasteiger charge is -2.21. The van der Waals surface area contributed by atoms with Crippen molar-refractivity contribution in [3.05, 3.63) is 27.9 Å². The smallest absolute Gasteiger partial charge is 0.288 e. The molecule has 0 unspecified atom stereocenters. The summed E-state index contributed by atoms with van der Waals surface area (Å²) in [5.41, 5.74) is 5.53. The number of nitrogens with two attached hydrogens (primary N) is 1. The Balaban J connectivity index is 2.25. The van der Waals surface area contributed by atoms with Gasteiger partial charge in [0, 0.05) is 19.2 Å².